The first-order valence-electron chi connectivity index (χ1n) is 5.16. The molecule has 6 heteroatoms. The smallest absolute Gasteiger partial charge is 0.348 e. The summed E-state index contributed by atoms with van der Waals surface area (Å²) < 4.78 is 9.88. The van der Waals surface area contributed by atoms with E-state index in [1.807, 2.05) is 0 Å². The van der Waals surface area contributed by atoms with E-state index in [0.717, 1.165) is 6.08 Å². The Balaban J connectivity index is 2.39. The number of hydrogen-bond acceptors (Lipinski definition) is 5. The monoisotopic (exact) mass is 241 g/mol. The van der Waals surface area contributed by atoms with Crippen molar-refractivity contribution >= 4 is 17.8 Å². The van der Waals surface area contributed by atoms with Crippen molar-refractivity contribution in [2.45, 2.75) is 32.0 Å². The fourth-order valence-corrected chi connectivity index (χ4v) is 1.43. The van der Waals surface area contributed by atoms with Gasteiger partial charge >= 0.3 is 11.9 Å². The van der Waals surface area contributed by atoms with Crippen LogP contribution >= 0.6 is 0 Å². The zero-order valence-corrected chi connectivity index (χ0v) is 9.82. The summed E-state index contributed by atoms with van der Waals surface area (Å²) in [5, 5.41) is 2.26. The van der Waals surface area contributed by atoms with Crippen molar-refractivity contribution in [1.29, 1.82) is 0 Å². The van der Waals surface area contributed by atoms with Crippen molar-refractivity contribution in [2.24, 2.45) is 0 Å². The van der Waals surface area contributed by atoms with Gasteiger partial charge in [-0.2, -0.15) is 0 Å². The van der Waals surface area contributed by atoms with E-state index in [-0.39, 0.29) is 6.54 Å². The number of amides is 1. The lowest BCUT2D eigenvalue weighted by Gasteiger charge is -2.14. The molecule has 6 nitrogen and oxygen atoms in total. The molecule has 0 radical (unpaired) electrons. The van der Waals surface area contributed by atoms with Crippen molar-refractivity contribution in [3.05, 3.63) is 12.7 Å². The Morgan fingerprint density at radius 2 is 2.29 bits per heavy atom. The molecule has 1 saturated heterocycles. The Hall–Kier alpha value is -1.85. The number of esters is 2. The van der Waals surface area contributed by atoms with Crippen LogP contribution in [0.2, 0.25) is 0 Å². The lowest BCUT2D eigenvalue weighted by Crippen LogP contribution is -2.32. The Bertz CT molecular complexity index is 361. The Labute approximate surface area is 99.0 Å². The van der Waals surface area contributed by atoms with Crippen LogP contribution in [0.4, 0.5) is 0 Å². The van der Waals surface area contributed by atoms with E-state index >= 15 is 0 Å². The van der Waals surface area contributed by atoms with Crippen molar-refractivity contribution in [1.82, 2.24) is 5.32 Å². The number of carbonyl (C=O) groups is 3. The first-order valence-corrected chi connectivity index (χ1v) is 5.16. The van der Waals surface area contributed by atoms with E-state index < -0.39 is 29.6 Å². The zero-order valence-electron chi connectivity index (χ0n) is 9.82. The average Bonchev–Trinajstić information content (AvgIpc) is 2.48. The molecule has 1 atom stereocenters. The second-order valence-electron chi connectivity index (χ2n) is 4.29. The van der Waals surface area contributed by atoms with Gasteiger partial charge in [0.15, 0.2) is 0 Å². The molecule has 0 bridgehead atoms. The van der Waals surface area contributed by atoms with Gasteiger partial charge in [0.2, 0.25) is 12.0 Å². The molecule has 1 N–H and O–H groups in total. The van der Waals surface area contributed by atoms with Crippen LogP contribution in [0.5, 0.6) is 0 Å². The van der Waals surface area contributed by atoms with Gasteiger partial charge in [-0.05, 0) is 19.9 Å². The fraction of sp³-hybridized carbons (Fsp3) is 0.545. The number of carbonyl (C=O) groups excluding carboxylic acids is 3. The molecule has 0 aromatic rings. The van der Waals surface area contributed by atoms with Gasteiger partial charge in [-0.15, -0.1) is 0 Å². The number of rotatable bonds is 4. The molecule has 1 heterocycles. The topological polar surface area (TPSA) is 81.7 Å². The molecule has 1 rings (SSSR count). The third kappa shape index (κ3) is 3.90. The summed E-state index contributed by atoms with van der Waals surface area (Å²) in [7, 11) is 0. The predicted octanol–water partition coefficient (Wildman–Crippen LogP) is -0.0741. The number of ether oxygens (including phenoxy) is 2. The van der Waals surface area contributed by atoms with E-state index in [0.29, 0.717) is 6.42 Å². The maximum Gasteiger partial charge on any atom is 0.348 e. The lowest BCUT2D eigenvalue weighted by atomic mass is 10.0. The number of nitrogens with one attached hydrogen (secondary N) is 1. The minimum absolute atomic E-state index is 0.297. The third-order valence-electron chi connectivity index (χ3n) is 2.18. The van der Waals surface area contributed by atoms with Crippen LogP contribution in [0.1, 0.15) is 20.3 Å². The van der Waals surface area contributed by atoms with Gasteiger partial charge in [-0.25, -0.2) is 4.79 Å². The lowest BCUT2D eigenvalue weighted by molar-refractivity contribution is -0.161. The largest absolute Gasteiger partial charge is 0.457 e. The van der Waals surface area contributed by atoms with E-state index in [4.69, 9.17) is 9.47 Å². The predicted molar refractivity (Wildman–Crippen MR) is 57.9 cm³/mol. The summed E-state index contributed by atoms with van der Waals surface area (Å²) >= 11 is 0. The summed E-state index contributed by atoms with van der Waals surface area (Å²) in [6.07, 6.45) is 0.464. The summed E-state index contributed by atoms with van der Waals surface area (Å²) in [6, 6.07) is 0. The molecule has 0 aliphatic carbocycles. The second kappa shape index (κ2) is 4.99. The van der Waals surface area contributed by atoms with Gasteiger partial charge in [0.05, 0.1) is 0 Å². The van der Waals surface area contributed by atoms with Crippen LogP contribution in [0.25, 0.3) is 0 Å². The molecule has 0 aromatic carbocycles. The average molecular weight is 241 g/mol. The van der Waals surface area contributed by atoms with Crippen LogP contribution in [0, 0.1) is 0 Å². The highest BCUT2D eigenvalue weighted by Gasteiger charge is 2.42. The van der Waals surface area contributed by atoms with Gasteiger partial charge in [0.1, 0.15) is 12.1 Å². The second-order valence-corrected chi connectivity index (χ2v) is 4.29. The molecular weight excluding hydrogens is 226 g/mol. The molecule has 94 valence electrons. The summed E-state index contributed by atoms with van der Waals surface area (Å²) in [4.78, 5) is 33.4. The summed E-state index contributed by atoms with van der Waals surface area (Å²) in [6.45, 7) is 6.41. The van der Waals surface area contributed by atoms with E-state index in [1.165, 1.54) is 0 Å². The summed E-state index contributed by atoms with van der Waals surface area (Å²) in [5.41, 5.74) is -0.619. The van der Waals surface area contributed by atoms with Gasteiger partial charge in [0, 0.05) is 6.42 Å². The quantitative estimate of drug-likeness (QED) is 0.550. The molecule has 1 aliphatic heterocycles. The maximum atomic E-state index is 11.3. The van der Waals surface area contributed by atoms with E-state index in [1.54, 1.807) is 13.8 Å². The van der Waals surface area contributed by atoms with Gasteiger partial charge in [0.25, 0.3) is 0 Å². The number of cyclic esters (lactones) is 1. The van der Waals surface area contributed by atoms with Crippen LogP contribution in [-0.2, 0) is 23.9 Å². The van der Waals surface area contributed by atoms with Crippen LogP contribution in [0.15, 0.2) is 12.7 Å². The molecule has 1 aliphatic rings. The van der Waals surface area contributed by atoms with Gasteiger partial charge in [-0.3, -0.25) is 9.59 Å². The van der Waals surface area contributed by atoms with Crippen molar-refractivity contribution < 1.29 is 23.9 Å². The van der Waals surface area contributed by atoms with Crippen molar-refractivity contribution in [3.63, 3.8) is 0 Å². The molecule has 1 unspecified atom stereocenters. The molecular formula is C11H15NO5. The molecule has 1 amide bonds. The molecule has 0 saturated carbocycles. The van der Waals surface area contributed by atoms with E-state index in [9.17, 15) is 14.4 Å². The Morgan fingerprint density at radius 1 is 1.65 bits per heavy atom. The Morgan fingerprint density at radius 3 is 2.76 bits per heavy atom. The SMILES string of the molecule is C=CC(=O)NCC(=O)OC1CC(C)(C)OC1=O. The highest BCUT2D eigenvalue weighted by Crippen LogP contribution is 2.27. The molecule has 0 aromatic heterocycles. The first-order chi connectivity index (χ1) is 7.84. The van der Waals surface area contributed by atoms with Crippen LogP contribution in [0.3, 0.4) is 0 Å². The van der Waals surface area contributed by atoms with Crippen LogP contribution < -0.4 is 5.32 Å². The minimum atomic E-state index is -0.891. The zero-order chi connectivity index (χ0) is 13.1. The Kier molecular flexibility index (Phi) is 3.88. The molecule has 0 spiro atoms. The molecule has 1 fully saturated rings. The molecule has 17 heavy (non-hydrogen) atoms. The highest BCUT2D eigenvalue weighted by molar-refractivity contribution is 5.90. The first kappa shape index (κ1) is 13.2. The fourth-order valence-electron chi connectivity index (χ4n) is 1.43. The standard InChI is InChI=1S/C11H15NO5/c1-4-8(13)12-6-9(14)16-7-5-11(2,3)17-10(7)15/h4,7H,1,5-6H2,2-3H3,(H,12,13). The third-order valence-corrected chi connectivity index (χ3v) is 2.18. The van der Waals surface area contributed by atoms with Crippen molar-refractivity contribution in [2.75, 3.05) is 6.54 Å². The van der Waals surface area contributed by atoms with E-state index in [2.05, 4.69) is 11.9 Å². The summed E-state index contributed by atoms with van der Waals surface area (Å²) in [5.74, 6) is -1.71. The minimum Gasteiger partial charge on any atom is -0.457 e. The van der Waals surface area contributed by atoms with Crippen molar-refractivity contribution in [3.8, 4) is 0 Å². The normalized spacial score (nSPS) is 21.5. The van der Waals surface area contributed by atoms with Gasteiger partial charge < -0.3 is 14.8 Å². The maximum absolute atomic E-state index is 11.3. The van der Waals surface area contributed by atoms with Gasteiger partial charge in [-0.1, -0.05) is 6.58 Å². The number of hydrogen-bond donors (Lipinski definition) is 1. The highest BCUT2D eigenvalue weighted by atomic mass is 16.6. The van der Waals surface area contributed by atoms with Crippen LogP contribution in [-0.4, -0.2) is 36.1 Å².